The van der Waals surface area contributed by atoms with E-state index in [4.69, 9.17) is 4.52 Å². The summed E-state index contributed by atoms with van der Waals surface area (Å²) in [6.45, 7) is 8.21. The van der Waals surface area contributed by atoms with Gasteiger partial charge in [0.05, 0.1) is 11.4 Å². The zero-order valence-electron chi connectivity index (χ0n) is 13.5. The Morgan fingerprint density at radius 3 is 2.74 bits per heavy atom. The van der Waals surface area contributed by atoms with Crippen LogP contribution in [0.4, 0.5) is 0 Å². The maximum Gasteiger partial charge on any atom is 0.237 e. The summed E-state index contributed by atoms with van der Waals surface area (Å²) in [4.78, 5) is 4.36. The van der Waals surface area contributed by atoms with Crippen molar-refractivity contribution in [3.8, 4) is 5.69 Å². The minimum atomic E-state index is 0.248. The van der Waals surface area contributed by atoms with Gasteiger partial charge in [-0.15, -0.1) is 5.10 Å². The lowest BCUT2D eigenvalue weighted by atomic mass is 10.1. The van der Waals surface area contributed by atoms with Crippen LogP contribution in [-0.4, -0.2) is 30.3 Å². The molecule has 0 unspecified atom stereocenters. The molecule has 0 radical (unpaired) electrons. The molecule has 8 heteroatoms. The number of nitrogens with zero attached hydrogens (tertiary/aromatic N) is 6. The predicted molar refractivity (Wildman–Crippen MR) is 86.6 cm³/mol. The number of hydrogen-bond acceptors (Lipinski definition) is 7. The molecule has 23 heavy (non-hydrogen) atoms. The summed E-state index contributed by atoms with van der Waals surface area (Å²) in [6, 6.07) is 6.14. The van der Waals surface area contributed by atoms with Crippen molar-refractivity contribution in [2.75, 3.05) is 0 Å². The summed E-state index contributed by atoms with van der Waals surface area (Å²) in [6.07, 6.45) is 0. The molecule has 0 aliphatic heterocycles. The molecule has 2 heterocycles. The number of aryl methyl sites for hydroxylation is 2. The van der Waals surface area contributed by atoms with Crippen LogP contribution in [0, 0.1) is 13.8 Å². The van der Waals surface area contributed by atoms with E-state index in [1.54, 1.807) is 4.68 Å². The van der Waals surface area contributed by atoms with Crippen LogP contribution in [-0.2, 0) is 5.75 Å². The molecule has 0 spiro atoms. The zero-order valence-corrected chi connectivity index (χ0v) is 14.3. The SMILES string of the molecule is Cc1ccc(-n2nnnc2SCc2nc(C(C)C)no2)cc1C. The highest BCUT2D eigenvalue weighted by atomic mass is 32.2. The molecule has 0 saturated heterocycles. The van der Waals surface area contributed by atoms with Crippen LogP contribution in [0.5, 0.6) is 0 Å². The van der Waals surface area contributed by atoms with Gasteiger partial charge in [0.25, 0.3) is 0 Å². The molecule has 0 N–H and O–H groups in total. The molecule has 0 saturated carbocycles. The number of aromatic nitrogens is 6. The Balaban J connectivity index is 1.76. The fourth-order valence-electron chi connectivity index (χ4n) is 1.98. The number of hydrogen-bond donors (Lipinski definition) is 0. The molecule has 2 aromatic heterocycles. The van der Waals surface area contributed by atoms with Crippen molar-refractivity contribution in [2.24, 2.45) is 0 Å². The summed E-state index contributed by atoms with van der Waals surface area (Å²) in [5.74, 6) is 2.08. The molecular formula is C15H18N6OS. The maximum atomic E-state index is 5.24. The van der Waals surface area contributed by atoms with Crippen molar-refractivity contribution >= 4 is 11.8 Å². The first-order valence-corrected chi connectivity index (χ1v) is 8.34. The fraction of sp³-hybridized carbons (Fsp3) is 0.400. The van der Waals surface area contributed by atoms with Crippen molar-refractivity contribution < 1.29 is 4.52 Å². The molecule has 3 rings (SSSR count). The first kappa shape index (κ1) is 15.7. The number of tetrazole rings is 1. The minimum Gasteiger partial charge on any atom is -0.338 e. The Morgan fingerprint density at radius 1 is 1.22 bits per heavy atom. The number of thioether (sulfide) groups is 1. The van der Waals surface area contributed by atoms with E-state index < -0.39 is 0 Å². The highest BCUT2D eigenvalue weighted by Gasteiger charge is 2.14. The molecule has 0 atom stereocenters. The van der Waals surface area contributed by atoms with E-state index in [0.29, 0.717) is 22.6 Å². The van der Waals surface area contributed by atoms with E-state index in [-0.39, 0.29) is 5.92 Å². The van der Waals surface area contributed by atoms with Crippen LogP contribution in [0.2, 0.25) is 0 Å². The van der Waals surface area contributed by atoms with Crippen LogP contribution < -0.4 is 0 Å². The Kier molecular flexibility index (Phi) is 4.42. The Labute approximate surface area is 138 Å². The summed E-state index contributed by atoms with van der Waals surface area (Å²) >= 11 is 1.47. The third-order valence-electron chi connectivity index (χ3n) is 3.50. The highest BCUT2D eigenvalue weighted by molar-refractivity contribution is 7.98. The van der Waals surface area contributed by atoms with Gasteiger partial charge < -0.3 is 4.52 Å². The molecule has 0 bridgehead atoms. The van der Waals surface area contributed by atoms with Gasteiger partial charge >= 0.3 is 0 Å². The largest absolute Gasteiger partial charge is 0.338 e. The van der Waals surface area contributed by atoms with Gasteiger partial charge in [0.1, 0.15) is 0 Å². The first-order chi connectivity index (χ1) is 11.0. The van der Waals surface area contributed by atoms with E-state index >= 15 is 0 Å². The average Bonchev–Trinajstić information content (AvgIpc) is 3.16. The van der Waals surface area contributed by atoms with Gasteiger partial charge in [-0.3, -0.25) is 0 Å². The minimum absolute atomic E-state index is 0.248. The molecule has 1 aromatic carbocycles. The molecule has 0 aliphatic rings. The van der Waals surface area contributed by atoms with E-state index in [9.17, 15) is 0 Å². The van der Waals surface area contributed by atoms with Crippen LogP contribution in [0.25, 0.3) is 5.69 Å². The second kappa shape index (κ2) is 6.49. The predicted octanol–water partition coefficient (Wildman–Crippen LogP) is 3.08. The van der Waals surface area contributed by atoms with Gasteiger partial charge in [-0.05, 0) is 47.5 Å². The van der Waals surface area contributed by atoms with Crippen molar-refractivity contribution in [1.29, 1.82) is 0 Å². The highest BCUT2D eigenvalue weighted by Crippen LogP contribution is 2.23. The average molecular weight is 330 g/mol. The maximum absolute atomic E-state index is 5.24. The van der Waals surface area contributed by atoms with Crippen molar-refractivity contribution in [3.63, 3.8) is 0 Å². The molecule has 7 nitrogen and oxygen atoms in total. The fourth-order valence-corrected chi connectivity index (χ4v) is 2.70. The summed E-state index contributed by atoms with van der Waals surface area (Å²) in [7, 11) is 0. The van der Waals surface area contributed by atoms with Gasteiger partial charge in [-0.1, -0.05) is 36.8 Å². The van der Waals surface area contributed by atoms with Gasteiger partial charge in [-0.2, -0.15) is 9.67 Å². The van der Waals surface area contributed by atoms with Gasteiger partial charge in [-0.25, -0.2) is 0 Å². The Morgan fingerprint density at radius 2 is 2.04 bits per heavy atom. The quantitative estimate of drug-likeness (QED) is 0.665. The van der Waals surface area contributed by atoms with E-state index in [1.165, 1.54) is 22.9 Å². The second-order valence-electron chi connectivity index (χ2n) is 5.63. The topological polar surface area (TPSA) is 82.5 Å². The van der Waals surface area contributed by atoms with Crippen LogP contribution >= 0.6 is 11.8 Å². The lowest BCUT2D eigenvalue weighted by Gasteiger charge is -2.06. The van der Waals surface area contributed by atoms with E-state index in [1.807, 2.05) is 19.9 Å². The Bertz CT molecular complexity index is 810. The molecular weight excluding hydrogens is 312 g/mol. The molecule has 0 fully saturated rings. The van der Waals surface area contributed by atoms with Crippen molar-refractivity contribution in [3.05, 3.63) is 41.0 Å². The van der Waals surface area contributed by atoms with Gasteiger partial charge in [0, 0.05) is 5.92 Å². The van der Waals surface area contributed by atoms with Gasteiger partial charge in [0.2, 0.25) is 11.0 Å². The number of rotatable bonds is 5. The zero-order chi connectivity index (χ0) is 16.4. The summed E-state index contributed by atoms with van der Waals surface area (Å²) < 4.78 is 6.96. The van der Waals surface area contributed by atoms with Crippen LogP contribution in [0.15, 0.2) is 27.9 Å². The number of benzene rings is 1. The van der Waals surface area contributed by atoms with E-state index in [2.05, 4.69) is 51.6 Å². The lowest BCUT2D eigenvalue weighted by Crippen LogP contribution is -2.00. The third-order valence-corrected chi connectivity index (χ3v) is 4.40. The summed E-state index contributed by atoms with van der Waals surface area (Å²) in [5, 5.41) is 16.6. The standard InChI is InChI=1S/C15H18N6OS/c1-9(2)14-16-13(22-18-14)8-23-15-17-19-20-21(15)12-6-5-10(3)11(4)7-12/h5-7,9H,8H2,1-4H3. The summed E-state index contributed by atoms with van der Waals surface area (Å²) in [5.41, 5.74) is 3.38. The third kappa shape index (κ3) is 3.42. The van der Waals surface area contributed by atoms with Crippen molar-refractivity contribution in [2.45, 2.75) is 44.5 Å². The van der Waals surface area contributed by atoms with E-state index in [0.717, 1.165) is 5.69 Å². The lowest BCUT2D eigenvalue weighted by molar-refractivity contribution is 0.382. The normalized spacial score (nSPS) is 11.3. The smallest absolute Gasteiger partial charge is 0.237 e. The first-order valence-electron chi connectivity index (χ1n) is 7.36. The van der Waals surface area contributed by atoms with Crippen LogP contribution in [0.3, 0.4) is 0 Å². The molecule has 0 amide bonds. The monoisotopic (exact) mass is 330 g/mol. The molecule has 3 aromatic rings. The second-order valence-corrected chi connectivity index (χ2v) is 6.57. The van der Waals surface area contributed by atoms with Crippen molar-refractivity contribution in [1.82, 2.24) is 30.3 Å². The van der Waals surface area contributed by atoms with Gasteiger partial charge in [0.15, 0.2) is 5.82 Å². The molecule has 120 valence electrons. The van der Waals surface area contributed by atoms with Crippen LogP contribution in [0.1, 0.15) is 42.6 Å². The Hall–Kier alpha value is -2.22. The molecule has 0 aliphatic carbocycles.